The monoisotopic (exact) mass is 362 g/mol. The van der Waals surface area contributed by atoms with Crippen molar-refractivity contribution in [3.8, 4) is 10.8 Å². The van der Waals surface area contributed by atoms with Crippen LogP contribution in [0.15, 0.2) is 21.9 Å². The fourth-order valence-electron chi connectivity index (χ4n) is 2.97. The Hall–Kier alpha value is -2.15. The van der Waals surface area contributed by atoms with Crippen LogP contribution in [0, 0.1) is 12.8 Å². The summed E-state index contributed by atoms with van der Waals surface area (Å²) in [6, 6.07) is 3.78. The molecule has 1 atom stereocenters. The molecule has 1 unspecified atom stereocenters. The molecule has 6 nitrogen and oxygen atoms in total. The molecule has 0 aromatic carbocycles. The molecule has 3 heterocycles. The van der Waals surface area contributed by atoms with Crippen LogP contribution in [0.3, 0.4) is 0 Å². The fraction of sp³-hybridized carbons (Fsp3) is 0.500. The van der Waals surface area contributed by atoms with Gasteiger partial charge in [-0.15, -0.1) is 11.3 Å². The predicted octanol–water partition coefficient (Wildman–Crippen LogP) is 3.06. The van der Waals surface area contributed by atoms with Crippen LogP contribution in [-0.4, -0.2) is 41.5 Å². The quantitative estimate of drug-likeness (QED) is 0.765. The molecular formula is C18H22N2O4S. The molecule has 2 aromatic rings. The van der Waals surface area contributed by atoms with Gasteiger partial charge in [0.1, 0.15) is 5.76 Å². The summed E-state index contributed by atoms with van der Waals surface area (Å²) in [5, 5.41) is 2.66. The predicted molar refractivity (Wildman–Crippen MR) is 94.2 cm³/mol. The number of piperidine rings is 1. The number of aromatic nitrogens is 1. The molecule has 2 aromatic heterocycles. The first-order valence-corrected chi connectivity index (χ1v) is 9.40. The van der Waals surface area contributed by atoms with Crippen LogP contribution < -0.4 is 0 Å². The second kappa shape index (κ2) is 7.82. The van der Waals surface area contributed by atoms with E-state index in [0.717, 1.165) is 35.1 Å². The van der Waals surface area contributed by atoms with Crippen molar-refractivity contribution in [3.05, 3.63) is 29.0 Å². The number of nitrogens with zero attached hydrogens (tertiary/aromatic N) is 2. The summed E-state index contributed by atoms with van der Waals surface area (Å²) in [7, 11) is 0. The minimum Gasteiger partial charge on any atom is -0.466 e. The number of hydrogen-bond donors (Lipinski definition) is 0. The lowest BCUT2D eigenvalue weighted by atomic mass is 9.98. The number of rotatable bonds is 5. The highest BCUT2D eigenvalue weighted by Gasteiger charge is 2.29. The van der Waals surface area contributed by atoms with Crippen LogP contribution in [0.25, 0.3) is 10.8 Å². The number of esters is 1. The zero-order chi connectivity index (χ0) is 17.8. The molecule has 1 aliphatic heterocycles. The Balaban J connectivity index is 1.60. The van der Waals surface area contributed by atoms with Gasteiger partial charge in [-0.2, -0.15) is 0 Å². The number of carbonyl (C=O) groups excluding carboxylic acids is 2. The van der Waals surface area contributed by atoms with Crippen molar-refractivity contribution in [2.45, 2.75) is 33.1 Å². The molecule has 3 rings (SSSR count). The zero-order valence-corrected chi connectivity index (χ0v) is 15.3. The number of amides is 1. The lowest BCUT2D eigenvalue weighted by Gasteiger charge is -2.31. The summed E-state index contributed by atoms with van der Waals surface area (Å²) in [6.45, 7) is 5.17. The Morgan fingerprint density at radius 2 is 2.28 bits per heavy atom. The average molecular weight is 362 g/mol. The molecule has 1 fully saturated rings. The highest BCUT2D eigenvalue weighted by molar-refractivity contribution is 7.13. The third kappa shape index (κ3) is 4.28. The zero-order valence-electron chi connectivity index (χ0n) is 14.5. The van der Waals surface area contributed by atoms with Gasteiger partial charge in [0, 0.05) is 18.5 Å². The van der Waals surface area contributed by atoms with E-state index in [-0.39, 0.29) is 24.2 Å². The number of likely N-dealkylation sites (tertiary alicyclic amines) is 1. The van der Waals surface area contributed by atoms with E-state index in [1.165, 1.54) is 11.3 Å². The van der Waals surface area contributed by atoms with E-state index in [2.05, 4.69) is 4.98 Å². The first-order valence-electron chi connectivity index (χ1n) is 8.52. The molecule has 0 saturated carbocycles. The molecule has 25 heavy (non-hydrogen) atoms. The topological polar surface area (TPSA) is 72.6 Å². The van der Waals surface area contributed by atoms with E-state index in [9.17, 15) is 9.59 Å². The second-order valence-corrected chi connectivity index (χ2v) is 7.02. The average Bonchev–Trinajstić information content (AvgIpc) is 3.24. The largest absolute Gasteiger partial charge is 0.466 e. The molecule has 0 bridgehead atoms. The normalized spacial score (nSPS) is 17.5. The Labute approximate surface area is 150 Å². The van der Waals surface area contributed by atoms with Gasteiger partial charge >= 0.3 is 5.97 Å². The first kappa shape index (κ1) is 17.7. The van der Waals surface area contributed by atoms with Gasteiger partial charge < -0.3 is 14.1 Å². The number of aryl methyl sites for hydroxylation is 1. The lowest BCUT2D eigenvalue weighted by molar-refractivity contribution is -0.151. The van der Waals surface area contributed by atoms with E-state index < -0.39 is 0 Å². The summed E-state index contributed by atoms with van der Waals surface area (Å²) in [5.74, 6) is 1.14. The van der Waals surface area contributed by atoms with Crippen molar-refractivity contribution in [3.63, 3.8) is 0 Å². The summed E-state index contributed by atoms with van der Waals surface area (Å²) in [5.41, 5.74) is 0.734. The van der Waals surface area contributed by atoms with Gasteiger partial charge in [-0.05, 0) is 38.8 Å². The van der Waals surface area contributed by atoms with Crippen molar-refractivity contribution >= 4 is 23.2 Å². The summed E-state index contributed by atoms with van der Waals surface area (Å²) in [4.78, 5) is 30.7. The van der Waals surface area contributed by atoms with Crippen LogP contribution in [0.2, 0.25) is 0 Å². The van der Waals surface area contributed by atoms with E-state index in [0.29, 0.717) is 19.7 Å². The molecule has 134 valence electrons. The molecule has 0 spiro atoms. The molecule has 0 radical (unpaired) electrons. The maximum Gasteiger partial charge on any atom is 0.310 e. The summed E-state index contributed by atoms with van der Waals surface area (Å²) < 4.78 is 10.7. The van der Waals surface area contributed by atoms with Gasteiger partial charge in [0.25, 0.3) is 0 Å². The van der Waals surface area contributed by atoms with E-state index in [1.54, 1.807) is 11.8 Å². The molecule has 0 N–H and O–H groups in total. The van der Waals surface area contributed by atoms with Gasteiger partial charge in [0.05, 0.1) is 24.6 Å². The van der Waals surface area contributed by atoms with Crippen molar-refractivity contribution in [2.75, 3.05) is 19.7 Å². The molecule has 7 heteroatoms. The standard InChI is InChI=1S/C18H22N2O4S/c1-3-23-18(22)13-5-4-8-20(10-13)16(21)9-14-11-25-17(19-14)15-7-6-12(2)24-15/h6-7,11,13H,3-5,8-10H2,1-2H3. The second-order valence-electron chi connectivity index (χ2n) is 6.16. The Morgan fingerprint density at radius 1 is 1.44 bits per heavy atom. The Kier molecular flexibility index (Phi) is 5.53. The van der Waals surface area contributed by atoms with Gasteiger partial charge in [0.2, 0.25) is 5.91 Å². The van der Waals surface area contributed by atoms with Gasteiger partial charge in [0.15, 0.2) is 10.8 Å². The van der Waals surface area contributed by atoms with Crippen LogP contribution in [-0.2, 0) is 20.7 Å². The van der Waals surface area contributed by atoms with Crippen molar-refractivity contribution in [1.82, 2.24) is 9.88 Å². The first-order chi connectivity index (χ1) is 12.1. The maximum absolute atomic E-state index is 12.6. The van der Waals surface area contributed by atoms with E-state index in [4.69, 9.17) is 9.15 Å². The molecule has 1 amide bonds. The number of thiazole rings is 1. The van der Waals surface area contributed by atoms with E-state index >= 15 is 0 Å². The van der Waals surface area contributed by atoms with Crippen molar-refractivity contribution in [1.29, 1.82) is 0 Å². The fourth-order valence-corrected chi connectivity index (χ4v) is 3.75. The van der Waals surface area contributed by atoms with Gasteiger partial charge in [-0.3, -0.25) is 9.59 Å². The number of hydrogen-bond acceptors (Lipinski definition) is 6. The van der Waals surface area contributed by atoms with Crippen LogP contribution >= 0.6 is 11.3 Å². The SMILES string of the molecule is CCOC(=O)C1CCCN(C(=O)Cc2csc(-c3ccc(C)o3)n2)C1. The van der Waals surface area contributed by atoms with Crippen molar-refractivity contribution in [2.24, 2.45) is 5.92 Å². The van der Waals surface area contributed by atoms with Crippen molar-refractivity contribution < 1.29 is 18.7 Å². The van der Waals surface area contributed by atoms with Gasteiger partial charge in [-0.1, -0.05) is 0 Å². The van der Waals surface area contributed by atoms with E-state index in [1.807, 2.05) is 24.4 Å². The smallest absolute Gasteiger partial charge is 0.310 e. The maximum atomic E-state index is 12.6. The summed E-state index contributed by atoms with van der Waals surface area (Å²) >= 11 is 1.47. The Morgan fingerprint density at radius 3 is 3.00 bits per heavy atom. The molecular weight excluding hydrogens is 340 g/mol. The Bertz CT molecular complexity index is 752. The molecule has 0 aliphatic carbocycles. The number of carbonyl (C=O) groups is 2. The van der Waals surface area contributed by atoms with Crippen LogP contribution in [0.1, 0.15) is 31.2 Å². The van der Waals surface area contributed by atoms with Crippen LogP contribution in [0.5, 0.6) is 0 Å². The van der Waals surface area contributed by atoms with Gasteiger partial charge in [-0.25, -0.2) is 4.98 Å². The minimum absolute atomic E-state index is 0.00136. The molecule has 1 aliphatic rings. The minimum atomic E-state index is -0.213. The third-order valence-electron chi connectivity index (χ3n) is 4.23. The number of ether oxygens (including phenoxy) is 1. The highest BCUT2D eigenvalue weighted by Crippen LogP contribution is 2.26. The van der Waals surface area contributed by atoms with Crippen LogP contribution in [0.4, 0.5) is 0 Å². The molecule has 1 saturated heterocycles. The third-order valence-corrected chi connectivity index (χ3v) is 5.13. The summed E-state index contributed by atoms with van der Waals surface area (Å²) in [6.07, 6.45) is 1.84. The number of furan rings is 1. The lowest BCUT2D eigenvalue weighted by Crippen LogP contribution is -2.43. The highest BCUT2D eigenvalue weighted by atomic mass is 32.1.